The van der Waals surface area contributed by atoms with Crippen LogP contribution in [-0.2, 0) is 4.79 Å². The number of carbonyl (C=O) groups is 1. The number of halogens is 1. The van der Waals surface area contributed by atoms with Gasteiger partial charge in [0.25, 0.3) is 0 Å². The van der Waals surface area contributed by atoms with Gasteiger partial charge in [-0.1, -0.05) is 41.9 Å². The summed E-state index contributed by atoms with van der Waals surface area (Å²) < 4.78 is 5.86. The first-order valence-electron chi connectivity index (χ1n) is 7.51. The minimum atomic E-state index is -0.685. The molecule has 0 N–H and O–H groups in total. The number of hydrazone groups is 1. The molecular weight excluding hydrogens is 312 g/mol. The quantitative estimate of drug-likeness (QED) is 0.843. The molecule has 5 heteroatoms. The van der Waals surface area contributed by atoms with E-state index in [1.165, 1.54) is 6.92 Å². The number of hydrogen-bond acceptors (Lipinski definition) is 4. The van der Waals surface area contributed by atoms with Crippen molar-refractivity contribution < 1.29 is 9.53 Å². The van der Waals surface area contributed by atoms with Crippen molar-refractivity contribution in [1.29, 1.82) is 0 Å². The molecule has 2 aromatic carbocycles. The van der Waals surface area contributed by atoms with Crippen molar-refractivity contribution in [3.05, 3.63) is 64.7 Å². The molecule has 2 atom stereocenters. The fourth-order valence-electron chi connectivity index (χ4n) is 3.13. The molecule has 2 aromatic rings. The van der Waals surface area contributed by atoms with Gasteiger partial charge in [-0.05, 0) is 23.8 Å². The van der Waals surface area contributed by atoms with Crippen LogP contribution in [0.5, 0.6) is 5.75 Å². The van der Waals surface area contributed by atoms with Crippen molar-refractivity contribution >= 4 is 23.1 Å². The average Bonchev–Trinajstić information content (AvgIpc) is 3.00. The van der Waals surface area contributed by atoms with Crippen LogP contribution in [0.1, 0.15) is 30.5 Å². The van der Waals surface area contributed by atoms with Crippen LogP contribution in [-0.4, -0.2) is 22.7 Å². The smallest absolute Gasteiger partial charge is 0.246 e. The molecule has 2 heterocycles. The molecule has 0 aromatic heterocycles. The Morgan fingerprint density at radius 1 is 1.26 bits per heavy atom. The Balaban J connectivity index is 1.78. The predicted molar refractivity (Wildman–Crippen MR) is 88.7 cm³/mol. The van der Waals surface area contributed by atoms with Crippen molar-refractivity contribution in [3.63, 3.8) is 0 Å². The third kappa shape index (κ3) is 2.39. The van der Waals surface area contributed by atoms with E-state index in [9.17, 15) is 4.79 Å². The fourth-order valence-corrected chi connectivity index (χ4v) is 3.31. The lowest BCUT2D eigenvalue weighted by Gasteiger charge is -2.36. The van der Waals surface area contributed by atoms with E-state index in [2.05, 4.69) is 5.10 Å². The molecule has 116 valence electrons. The molecule has 0 amide bonds. The third-order valence-corrected chi connectivity index (χ3v) is 4.44. The Morgan fingerprint density at radius 3 is 2.78 bits per heavy atom. The molecule has 4 rings (SSSR count). The summed E-state index contributed by atoms with van der Waals surface area (Å²) in [6.45, 7) is 1.53. The predicted octanol–water partition coefficient (Wildman–Crippen LogP) is 3.80. The van der Waals surface area contributed by atoms with Crippen LogP contribution < -0.4 is 4.74 Å². The summed E-state index contributed by atoms with van der Waals surface area (Å²) in [6.07, 6.45) is 0.0414. The zero-order valence-electron chi connectivity index (χ0n) is 12.6. The lowest BCUT2D eigenvalue weighted by molar-refractivity contribution is -0.135. The molecule has 4 nitrogen and oxygen atoms in total. The summed E-state index contributed by atoms with van der Waals surface area (Å²) in [5, 5.41) is 7.09. The molecule has 23 heavy (non-hydrogen) atoms. The van der Waals surface area contributed by atoms with Crippen molar-refractivity contribution in [3.8, 4) is 5.75 Å². The first kappa shape index (κ1) is 14.3. The monoisotopic (exact) mass is 326 g/mol. The average molecular weight is 327 g/mol. The van der Waals surface area contributed by atoms with Crippen molar-refractivity contribution in [2.75, 3.05) is 0 Å². The second-order valence-corrected chi connectivity index (χ2v) is 6.21. The first-order valence-corrected chi connectivity index (χ1v) is 7.89. The van der Waals surface area contributed by atoms with Gasteiger partial charge in [0, 0.05) is 23.9 Å². The highest BCUT2D eigenvalue weighted by molar-refractivity contribution is 6.30. The van der Waals surface area contributed by atoms with E-state index in [1.54, 1.807) is 11.1 Å². The minimum Gasteiger partial charge on any atom is -0.461 e. The van der Waals surface area contributed by atoms with Gasteiger partial charge < -0.3 is 4.74 Å². The number of ether oxygens (including phenoxy) is 1. The molecule has 0 spiro atoms. The largest absolute Gasteiger partial charge is 0.461 e. The van der Waals surface area contributed by atoms with Crippen molar-refractivity contribution in [2.45, 2.75) is 25.6 Å². The lowest BCUT2D eigenvalue weighted by atomic mass is 9.96. The molecule has 0 bridgehead atoms. The van der Waals surface area contributed by atoms with E-state index < -0.39 is 6.23 Å². The fraction of sp³-hybridized carbons (Fsp3) is 0.222. The van der Waals surface area contributed by atoms with E-state index >= 15 is 0 Å². The number of rotatable bonds is 2. The van der Waals surface area contributed by atoms with Crippen molar-refractivity contribution in [1.82, 2.24) is 5.01 Å². The Hall–Kier alpha value is -2.33. The summed E-state index contributed by atoms with van der Waals surface area (Å²) >= 11 is 6.14. The lowest BCUT2D eigenvalue weighted by Crippen LogP contribution is -2.44. The first-order chi connectivity index (χ1) is 11.1. The van der Waals surface area contributed by atoms with E-state index in [0.717, 1.165) is 23.3 Å². The summed E-state index contributed by atoms with van der Waals surface area (Å²) in [7, 11) is 0. The standard InChI is InChI=1S/C18H15ClN2O2/c1-11(22)18-21-16(14-9-13(19)7-8-17(14)23-18)10-15(20-21)12-5-3-2-4-6-12/h2-9,16,18H,10H2,1H3/t16-,18+/m1/s1. The van der Waals surface area contributed by atoms with Crippen LogP contribution in [0, 0.1) is 0 Å². The van der Waals surface area contributed by atoms with Gasteiger partial charge in [0.1, 0.15) is 5.75 Å². The maximum absolute atomic E-state index is 12.0. The highest BCUT2D eigenvalue weighted by atomic mass is 35.5. The van der Waals surface area contributed by atoms with Gasteiger partial charge in [0.05, 0.1) is 11.8 Å². The second-order valence-electron chi connectivity index (χ2n) is 5.78. The van der Waals surface area contributed by atoms with Gasteiger partial charge in [0.2, 0.25) is 6.23 Å². The number of ketones is 1. The third-order valence-electron chi connectivity index (χ3n) is 4.21. The van der Waals surface area contributed by atoms with Crippen LogP contribution in [0.15, 0.2) is 53.6 Å². The number of hydrogen-bond donors (Lipinski definition) is 0. The molecule has 0 radical (unpaired) electrons. The van der Waals surface area contributed by atoms with Gasteiger partial charge in [-0.3, -0.25) is 4.79 Å². The molecule has 2 aliphatic rings. The Bertz CT molecular complexity index is 804. The Labute approximate surface area is 139 Å². The normalized spacial score (nSPS) is 22.0. The molecule has 0 saturated heterocycles. The van der Waals surface area contributed by atoms with E-state index in [4.69, 9.17) is 16.3 Å². The molecule has 0 unspecified atom stereocenters. The van der Waals surface area contributed by atoms with Crippen LogP contribution in [0.2, 0.25) is 5.02 Å². The van der Waals surface area contributed by atoms with E-state index in [-0.39, 0.29) is 11.8 Å². The highest BCUT2D eigenvalue weighted by Gasteiger charge is 2.42. The molecular formula is C18H15ClN2O2. The topological polar surface area (TPSA) is 41.9 Å². The maximum atomic E-state index is 12.0. The second kappa shape index (κ2) is 5.39. The highest BCUT2D eigenvalue weighted by Crippen LogP contribution is 2.44. The number of nitrogens with zero attached hydrogens (tertiary/aromatic N) is 2. The minimum absolute atomic E-state index is 0.0263. The van der Waals surface area contributed by atoms with E-state index in [0.29, 0.717) is 10.8 Å². The van der Waals surface area contributed by atoms with Crippen LogP contribution in [0.3, 0.4) is 0 Å². The van der Waals surface area contributed by atoms with Crippen LogP contribution >= 0.6 is 11.6 Å². The molecule has 0 fully saturated rings. The zero-order valence-corrected chi connectivity index (χ0v) is 13.3. The Kier molecular flexibility index (Phi) is 3.34. The summed E-state index contributed by atoms with van der Waals surface area (Å²) in [5.41, 5.74) is 3.00. The van der Waals surface area contributed by atoms with Gasteiger partial charge in [0.15, 0.2) is 5.78 Å². The van der Waals surface area contributed by atoms with E-state index in [1.807, 2.05) is 42.5 Å². The summed E-state index contributed by atoms with van der Waals surface area (Å²) in [5.74, 6) is 0.647. The van der Waals surface area contributed by atoms with Gasteiger partial charge in [-0.2, -0.15) is 5.10 Å². The number of benzene rings is 2. The number of carbonyl (C=O) groups excluding carboxylic acids is 1. The molecule has 2 aliphatic heterocycles. The Morgan fingerprint density at radius 2 is 2.04 bits per heavy atom. The summed E-state index contributed by atoms with van der Waals surface area (Å²) in [4.78, 5) is 12.0. The number of fused-ring (bicyclic) bond motifs is 3. The van der Waals surface area contributed by atoms with Gasteiger partial charge in [-0.25, -0.2) is 5.01 Å². The summed E-state index contributed by atoms with van der Waals surface area (Å²) in [6, 6.07) is 15.5. The SMILES string of the molecule is CC(=O)[C@@H]1Oc2ccc(Cl)cc2[C@H]2CC(c3ccccc3)=NN21. The zero-order chi connectivity index (χ0) is 16.0. The number of Topliss-reactive ketones (excluding diaryl/α,β-unsaturated/α-hetero) is 1. The molecule has 0 saturated carbocycles. The van der Waals surface area contributed by atoms with Crippen molar-refractivity contribution in [2.24, 2.45) is 5.10 Å². The van der Waals surface area contributed by atoms with Crippen LogP contribution in [0.25, 0.3) is 0 Å². The maximum Gasteiger partial charge on any atom is 0.246 e. The van der Waals surface area contributed by atoms with Gasteiger partial charge in [-0.15, -0.1) is 0 Å². The molecule has 0 aliphatic carbocycles. The van der Waals surface area contributed by atoms with Crippen LogP contribution in [0.4, 0.5) is 0 Å². The van der Waals surface area contributed by atoms with Gasteiger partial charge >= 0.3 is 0 Å².